The summed E-state index contributed by atoms with van der Waals surface area (Å²) in [5.74, 6) is 0. The van der Waals surface area contributed by atoms with Gasteiger partial charge in [-0.25, -0.2) is 4.39 Å². The molecule has 0 fully saturated rings. The molecule has 1 rings (SSSR count). The van der Waals surface area contributed by atoms with E-state index in [-0.39, 0.29) is 0 Å². The van der Waals surface area contributed by atoms with Crippen LogP contribution in [0.25, 0.3) is 0 Å². The fraction of sp³-hybridized carbons (Fsp3) is 0.333. The van der Waals surface area contributed by atoms with Gasteiger partial charge in [0.15, 0.2) is 6.17 Å². The second-order valence-corrected chi connectivity index (χ2v) is 2.55. The minimum Gasteiger partial charge on any atom is -0.390 e. The lowest BCUT2D eigenvalue weighted by Gasteiger charge is -2.10. The number of alkyl halides is 1. The molecule has 0 spiro atoms. The molecule has 1 aromatic carbocycles. The molecular formula is C9H11FO. The van der Waals surface area contributed by atoms with Gasteiger partial charge in [0.05, 0.1) is 6.10 Å². The van der Waals surface area contributed by atoms with Crippen molar-refractivity contribution in [2.75, 3.05) is 0 Å². The summed E-state index contributed by atoms with van der Waals surface area (Å²) >= 11 is 0. The van der Waals surface area contributed by atoms with Gasteiger partial charge in [-0.15, -0.1) is 0 Å². The number of hydrogen-bond donors (Lipinski definition) is 1. The van der Waals surface area contributed by atoms with Crippen molar-refractivity contribution in [3.05, 3.63) is 35.9 Å². The topological polar surface area (TPSA) is 20.2 Å². The van der Waals surface area contributed by atoms with Crippen molar-refractivity contribution in [2.24, 2.45) is 0 Å². The van der Waals surface area contributed by atoms with Gasteiger partial charge in [-0.2, -0.15) is 0 Å². The second kappa shape index (κ2) is 3.49. The third kappa shape index (κ3) is 2.02. The number of halogens is 1. The summed E-state index contributed by atoms with van der Waals surface area (Å²) in [4.78, 5) is 0. The number of hydrogen-bond acceptors (Lipinski definition) is 1. The first-order valence-electron chi connectivity index (χ1n) is 3.59. The van der Waals surface area contributed by atoms with E-state index >= 15 is 0 Å². The van der Waals surface area contributed by atoms with Gasteiger partial charge >= 0.3 is 0 Å². The summed E-state index contributed by atoms with van der Waals surface area (Å²) in [6.45, 7) is 1.44. The normalized spacial score (nSPS) is 15.9. The molecule has 0 unspecified atom stereocenters. The van der Waals surface area contributed by atoms with Crippen LogP contribution >= 0.6 is 0 Å². The van der Waals surface area contributed by atoms with Crippen molar-refractivity contribution in [3.63, 3.8) is 0 Å². The predicted octanol–water partition coefficient (Wildman–Crippen LogP) is 2.08. The lowest BCUT2D eigenvalue weighted by atomic mass is 10.1. The Morgan fingerprint density at radius 3 is 2.27 bits per heavy atom. The van der Waals surface area contributed by atoms with Crippen LogP contribution in [-0.4, -0.2) is 11.2 Å². The smallest absolute Gasteiger partial charge is 0.151 e. The van der Waals surface area contributed by atoms with Crippen LogP contribution in [0.15, 0.2) is 30.3 Å². The van der Waals surface area contributed by atoms with Gasteiger partial charge in [-0.1, -0.05) is 30.3 Å². The van der Waals surface area contributed by atoms with Crippen molar-refractivity contribution in [1.82, 2.24) is 0 Å². The maximum Gasteiger partial charge on any atom is 0.151 e. The molecule has 1 nitrogen and oxygen atoms in total. The third-order valence-electron chi connectivity index (χ3n) is 1.54. The minimum atomic E-state index is -1.27. The standard InChI is InChI=1S/C9H11FO/c1-7(11)9(10)8-5-3-2-4-6-8/h2-7,9,11H,1H3/t7-,9-/m0/s1. The van der Waals surface area contributed by atoms with Crippen LogP contribution in [0.4, 0.5) is 4.39 Å². The minimum absolute atomic E-state index is 0.530. The van der Waals surface area contributed by atoms with E-state index in [9.17, 15) is 4.39 Å². The largest absolute Gasteiger partial charge is 0.390 e. The van der Waals surface area contributed by atoms with Crippen LogP contribution < -0.4 is 0 Å². The highest BCUT2D eigenvalue weighted by Crippen LogP contribution is 2.20. The predicted molar refractivity (Wildman–Crippen MR) is 42.0 cm³/mol. The van der Waals surface area contributed by atoms with Gasteiger partial charge in [0, 0.05) is 0 Å². The number of rotatable bonds is 2. The molecule has 11 heavy (non-hydrogen) atoms. The molecule has 0 radical (unpaired) electrons. The zero-order valence-corrected chi connectivity index (χ0v) is 6.37. The molecule has 1 N–H and O–H groups in total. The van der Waals surface area contributed by atoms with Crippen molar-refractivity contribution in [1.29, 1.82) is 0 Å². The van der Waals surface area contributed by atoms with Gasteiger partial charge in [0.2, 0.25) is 0 Å². The monoisotopic (exact) mass is 154 g/mol. The summed E-state index contributed by atoms with van der Waals surface area (Å²) in [6, 6.07) is 8.65. The molecule has 0 aliphatic carbocycles. The Morgan fingerprint density at radius 2 is 1.82 bits per heavy atom. The fourth-order valence-electron chi connectivity index (χ4n) is 0.915. The van der Waals surface area contributed by atoms with Crippen molar-refractivity contribution in [3.8, 4) is 0 Å². The molecule has 0 aliphatic rings. The Morgan fingerprint density at radius 1 is 1.27 bits per heavy atom. The van der Waals surface area contributed by atoms with Crippen LogP contribution in [0.2, 0.25) is 0 Å². The van der Waals surface area contributed by atoms with Crippen molar-refractivity contribution < 1.29 is 9.50 Å². The number of benzene rings is 1. The molecule has 0 amide bonds. The summed E-state index contributed by atoms with van der Waals surface area (Å²) in [7, 11) is 0. The number of aliphatic hydroxyl groups excluding tert-OH is 1. The Balaban J connectivity index is 2.77. The highest BCUT2D eigenvalue weighted by Gasteiger charge is 2.14. The quantitative estimate of drug-likeness (QED) is 0.691. The van der Waals surface area contributed by atoms with E-state index < -0.39 is 12.3 Å². The lowest BCUT2D eigenvalue weighted by Crippen LogP contribution is -2.09. The summed E-state index contributed by atoms with van der Waals surface area (Å²) in [5.41, 5.74) is 0.530. The fourth-order valence-corrected chi connectivity index (χ4v) is 0.915. The van der Waals surface area contributed by atoms with Crippen molar-refractivity contribution >= 4 is 0 Å². The molecule has 0 aliphatic heterocycles. The zero-order chi connectivity index (χ0) is 8.27. The molecule has 0 aromatic heterocycles. The molecule has 0 saturated heterocycles. The van der Waals surface area contributed by atoms with Crippen LogP contribution in [0.3, 0.4) is 0 Å². The first kappa shape index (κ1) is 8.21. The highest BCUT2D eigenvalue weighted by molar-refractivity contribution is 5.18. The summed E-state index contributed by atoms with van der Waals surface area (Å²) < 4.78 is 13.0. The molecule has 60 valence electrons. The first-order chi connectivity index (χ1) is 5.22. The highest BCUT2D eigenvalue weighted by atomic mass is 19.1. The molecule has 2 heteroatoms. The molecule has 2 atom stereocenters. The molecule has 0 saturated carbocycles. The number of aliphatic hydroxyl groups is 1. The first-order valence-corrected chi connectivity index (χ1v) is 3.59. The van der Waals surface area contributed by atoms with Crippen LogP contribution in [0, 0.1) is 0 Å². The van der Waals surface area contributed by atoms with Gasteiger partial charge in [-0.3, -0.25) is 0 Å². The Bertz CT molecular complexity index is 208. The average molecular weight is 154 g/mol. The second-order valence-electron chi connectivity index (χ2n) is 2.55. The Kier molecular flexibility index (Phi) is 2.60. The van der Waals surface area contributed by atoms with Gasteiger partial charge in [0.25, 0.3) is 0 Å². The van der Waals surface area contributed by atoms with Crippen LogP contribution in [-0.2, 0) is 0 Å². The SMILES string of the molecule is C[C@H](O)[C@H](F)c1ccccc1. The summed E-state index contributed by atoms with van der Waals surface area (Å²) in [5, 5.41) is 8.90. The van der Waals surface area contributed by atoms with Gasteiger partial charge < -0.3 is 5.11 Å². The van der Waals surface area contributed by atoms with E-state index in [4.69, 9.17) is 5.11 Å². The summed E-state index contributed by atoms with van der Waals surface area (Å²) in [6.07, 6.45) is -2.20. The van der Waals surface area contributed by atoms with E-state index in [1.165, 1.54) is 6.92 Å². The lowest BCUT2D eigenvalue weighted by molar-refractivity contribution is 0.0933. The van der Waals surface area contributed by atoms with E-state index in [1.807, 2.05) is 6.07 Å². The van der Waals surface area contributed by atoms with Crippen LogP contribution in [0.1, 0.15) is 18.7 Å². The molecule has 1 aromatic rings. The van der Waals surface area contributed by atoms with E-state index in [0.717, 1.165) is 0 Å². The maximum absolute atomic E-state index is 13.0. The van der Waals surface area contributed by atoms with E-state index in [2.05, 4.69) is 0 Å². The average Bonchev–Trinajstić information content (AvgIpc) is 2.05. The van der Waals surface area contributed by atoms with Gasteiger partial charge in [0.1, 0.15) is 0 Å². The third-order valence-corrected chi connectivity index (χ3v) is 1.54. The van der Waals surface area contributed by atoms with Crippen LogP contribution in [0.5, 0.6) is 0 Å². The van der Waals surface area contributed by atoms with Gasteiger partial charge in [-0.05, 0) is 12.5 Å². The van der Waals surface area contributed by atoms with E-state index in [0.29, 0.717) is 5.56 Å². The molecule has 0 heterocycles. The zero-order valence-electron chi connectivity index (χ0n) is 6.37. The van der Waals surface area contributed by atoms with E-state index in [1.54, 1.807) is 24.3 Å². The molecular weight excluding hydrogens is 143 g/mol. The Hall–Kier alpha value is -0.890. The maximum atomic E-state index is 13.0. The Labute approximate surface area is 65.5 Å². The molecule has 0 bridgehead atoms. The van der Waals surface area contributed by atoms with Crippen molar-refractivity contribution in [2.45, 2.75) is 19.2 Å².